The van der Waals surface area contributed by atoms with Gasteiger partial charge in [-0.1, -0.05) is 70.4 Å². The van der Waals surface area contributed by atoms with Crippen LogP contribution in [0.15, 0.2) is 42.5 Å². The van der Waals surface area contributed by atoms with Gasteiger partial charge < -0.3 is 14.6 Å². The minimum absolute atomic E-state index is 0.102. The molecule has 0 radical (unpaired) electrons. The molecule has 136 valence electrons. The Balaban J connectivity index is 2.45. The number of hydrogen-bond acceptors (Lipinski definition) is 3. The fraction of sp³-hybridized carbons (Fsp3) is 0.600. The van der Waals surface area contributed by atoms with Gasteiger partial charge in [-0.25, -0.2) is 0 Å². The summed E-state index contributed by atoms with van der Waals surface area (Å²) in [4.78, 5) is 0. The summed E-state index contributed by atoms with van der Waals surface area (Å²) in [5.41, 5.74) is 1.82. The van der Waals surface area contributed by atoms with Crippen molar-refractivity contribution in [3.05, 3.63) is 48.0 Å². The van der Waals surface area contributed by atoms with E-state index in [-0.39, 0.29) is 12.9 Å². The molecular weight excluding hydrogens is 316 g/mol. The van der Waals surface area contributed by atoms with Gasteiger partial charge in [0.25, 0.3) is 0 Å². The van der Waals surface area contributed by atoms with E-state index >= 15 is 0 Å². The highest BCUT2D eigenvalue weighted by Gasteiger charge is 2.21. The Morgan fingerprint density at radius 1 is 1.17 bits per heavy atom. The van der Waals surface area contributed by atoms with E-state index in [0.29, 0.717) is 12.3 Å². The van der Waals surface area contributed by atoms with Crippen LogP contribution in [0.25, 0.3) is 0 Å². The summed E-state index contributed by atoms with van der Waals surface area (Å²) in [6.45, 7) is 16.4. The summed E-state index contributed by atoms with van der Waals surface area (Å²) in [6.07, 6.45) is -0.145. The molecule has 0 saturated carbocycles. The Hall–Kier alpha value is -0.943. The van der Waals surface area contributed by atoms with E-state index < -0.39 is 14.2 Å². The first-order valence-electron chi connectivity index (χ1n) is 8.80. The number of hydrogen-bond donors (Lipinski definition) is 1. The van der Waals surface area contributed by atoms with E-state index in [2.05, 4.69) is 40.1 Å². The minimum Gasteiger partial charge on any atom is -0.388 e. The van der Waals surface area contributed by atoms with Gasteiger partial charge in [-0.15, -0.1) is 0 Å². The molecule has 1 N–H and O–H groups in total. The average molecular weight is 351 g/mol. The summed E-state index contributed by atoms with van der Waals surface area (Å²) >= 11 is 0. The van der Waals surface area contributed by atoms with Gasteiger partial charge in [0, 0.05) is 21.1 Å². The smallest absolute Gasteiger partial charge is 0.147 e. The minimum atomic E-state index is -1.07. The van der Waals surface area contributed by atoms with E-state index in [1.165, 1.54) is 0 Å². The molecule has 0 fully saturated rings. The lowest BCUT2D eigenvalue weighted by Crippen LogP contribution is -2.26. The molecule has 0 aromatic heterocycles. The Kier molecular flexibility index (Phi) is 8.91. The summed E-state index contributed by atoms with van der Waals surface area (Å²) in [7, 11) is -1.07. The molecule has 0 aliphatic carbocycles. The predicted molar refractivity (Wildman–Crippen MR) is 104 cm³/mol. The second kappa shape index (κ2) is 10.1. The largest absolute Gasteiger partial charge is 0.388 e. The zero-order valence-corrected chi connectivity index (χ0v) is 16.9. The summed E-state index contributed by atoms with van der Waals surface area (Å²) in [6, 6.07) is 10.8. The van der Waals surface area contributed by atoms with Crippen LogP contribution in [0.2, 0.25) is 25.7 Å². The Morgan fingerprint density at radius 2 is 1.79 bits per heavy atom. The number of aliphatic hydroxyl groups excluding tert-OH is 1. The molecule has 0 amide bonds. The standard InChI is InChI=1S/C20H34O3Si/c1-16(2)20(23-15-22-12-13-24(4,5)6)17(3)14-19(21)18-10-8-7-9-11-18/h7-11,16,19-21H,3,12-15H2,1-2,4-6H3/t19-,20+/m0/s1. The quantitative estimate of drug-likeness (QED) is 0.263. The van der Waals surface area contributed by atoms with Gasteiger partial charge in [0.1, 0.15) is 6.79 Å². The average Bonchev–Trinajstić information content (AvgIpc) is 2.50. The third kappa shape index (κ3) is 8.24. The molecule has 1 aromatic rings. The molecule has 3 nitrogen and oxygen atoms in total. The fourth-order valence-corrected chi connectivity index (χ4v) is 3.25. The van der Waals surface area contributed by atoms with Crippen molar-refractivity contribution in [3.63, 3.8) is 0 Å². The second-order valence-electron chi connectivity index (χ2n) is 7.96. The molecule has 0 heterocycles. The first-order valence-corrected chi connectivity index (χ1v) is 12.5. The van der Waals surface area contributed by atoms with Crippen molar-refractivity contribution in [1.29, 1.82) is 0 Å². The molecule has 24 heavy (non-hydrogen) atoms. The molecule has 0 unspecified atom stereocenters. The molecular formula is C20H34O3Si. The van der Waals surface area contributed by atoms with Crippen molar-refractivity contribution in [2.75, 3.05) is 13.4 Å². The van der Waals surface area contributed by atoms with E-state index in [9.17, 15) is 5.11 Å². The van der Waals surface area contributed by atoms with Crippen LogP contribution in [0.1, 0.15) is 31.9 Å². The zero-order valence-electron chi connectivity index (χ0n) is 15.9. The molecule has 0 aliphatic heterocycles. The monoisotopic (exact) mass is 350 g/mol. The highest BCUT2D eigenvalue weighted by Crippen LogP contribution is 2.26. The molecule has 4 heteroatoms. The van der Waals surface area contributed by atoms with Crippen molar-refractivity contribution in [2.24, 2.45) is 5.92 Å². The third-order valence-corrected chi connectivity index (χ3v) is 5.68. The van der Waals surface area contributed by atoms with Crippen LogP contribution in [-0.4, -0.2) is 32.7 Å². The number of aliphatic hydroxyl groups is 1. The van der Waals surface area contributed by atoms with E-state index in [4.69, 9.17) is 9.47 Å². The van der Waals surface area contributed by atoms with Gasteiger partial charge in [-0.3, -0.25) is 0 Å². The summed E-state index contributed by atoms with van der Waals surface area (Å²) in [5, 5.41) is 10.4. The van der Waals surface area contributed by atoms with E-state index in [0.717, 1.165) is 23.8 Å². The normalized spacial score (nSPS) is 14.6. The predicted octanol–water partition coefficient (Wildman–Crippen LogP) is 5.02. The van der Waals surface area contributed by atoms with Crippen LogP contribution in [0.3, 0.4) is 0 Å². The fourth-order valence-electron chi connectivity index (χ4n) is 2.50. The van der Waals surface area contributed by atoms with Crippen LogP contribution in [-0.2, 0) is 9.47 Å². The lowest BCUT2D eigenvalue weighted by Gasteiger charge is -2.25. The first kappa shape index (κ1) is 21.1. The zero-order chi connectivity index (χ0) is 18.2. The van der Waals surface area contributed by atoms with Crippen molar-refractivity contribution in [3.8, 4) is 0 Å². The maximum absolute atomic E-state index is 10.4. The molecule has 1 rings (SSSR count). The first-order chi connectivity index (χ1) is 11.2. The maximum atomic E-state index is 10.4. The maximum Gasteiger partial charge on any atom is 0.147 e. The Bertz CT molecular complexity index is 479. The van der Waals surface area contributed by atoms with Gasteiger partial charge >= 0.3 is 0 Å². The van der Waals surface area contributed by atoms with Crippen molar-refractivity contribution >= 4 is 8.07 Å². The molecule has 0 spiro atoms. The van der Waals surface area contributed by atoms with Crippen LogP contribution >= 0.6 is 0 Å². The van der Waals surface area contributed by atoms with Crippen LogP contribution < -0.4 is 0 Å². The number of rotatable bonds is 11. The molecule has 0 saturated heterocycles. The van der Waals surface area contributed by atoms with Gasteiger partial charge in [-0.2, -0.15) is 0 Å². The third-order valence-electron chi connectivity index (χ3n) is 3.98. The Morgan fingerprint density at radius 3 is 2.33 bits per heavy atom. The van der Waals surface area contributed by atoms with Crippen LogP contribution in [0.4, 0.5) is 0 Å². The molecule has 0 aliphatic rings. The summed E-state index contributed by atoms with van der Waals surface area (Å²) < 4.78 is 11.5. The van der Waals surface area contributed by atoms with Gasteiger partial charge in [0.05, 0.1) is 12.2 Å². The molecule has 2 atom stereocenters. The highest BCUT2D eigenvalue weighted by molar-refractivity contribution is 6.76. The lowest BCUT2D eigenvalue weighted by molar-refractivity contribution is -0.0887. The second-order valence-corrected chi connectivity index (χ2v) is 13.6. The number of benzene rings is 1. The van der Waals surface area contributed by atoms with Crippen molar-refractivity contribution < 1.29 is 14.6 Å². The van der Waals surface area contributed by atoms with Gasteiger partial charge in [-0.05, 0) is 23.1 Å². The summed E-state index contributed by atoms with van der Waals surface area (Å²) in [5.74, 6) is 0.293. The topological polar surface area (TPSA) is 38.7 Å². The van der Waals surface area contributed by atoms with Crippen LogP contribution in [0, 0.1) is 5.92 Å². The highest BCUT2D eigenvalue weighted by atomic mass is 28.3. The molecule has 0 bridgehead atoms. The van der Waals surface area contributed by atoms with Crippen LogP contribution in [0.5, 0.6) is 0 Å². The Labute approximate surface area is 148 Å². The van der Waals surface area contributed by atoms with Crippen molar-refractivity contribution in [2.45, 2.75) is 58.2 Å². The van der Waals surface area contributed by atoms with Gasteiger partial charge in [0.15, 0.2) is 0 Å². The van der Waals surface area contributed by atoms with Gasteiger partial charge in [0.2, 0.25) is 0 Å². The van der Waals surface area contributed by atoms with E-state index in [1.54, 1.807) is 0 Å². The molecule has 1 aromatic carbocycles. The SMILES string of the molecule is C=C(C[C@H](O)c1ccccc1)[C@H](OCOCC[Si](C)(C)C)C(C)C. The number of ether oxygens (including phenoxy) is 2. The lowest BCUT2D eigenvalue weighted by atomic mass is 9.93. The van der Waals surface area contributed by atoms with Crippen molar-refractivity contribution in [1.82, 2.24) is 0 Å². The van der Waals surface area contributed by atoms with E-state index in [1.807, 2.05) is 30.3 Å².